The van der Waals surface area contributed by atoms with Gasteiger partial charge in [-0.3, -0.25) is 4.79 Å². The molecule has 1 aliphatic rings. The van der Waals surface area contributed by atoms with Gasteiger partial charge in [0.2, 0.25) is 0 Å². The third kappa shape index (κ3) is 4.87. The van der Waals surface area contributed by atoms with Gasteiger partial charge in [0.1, 0.15) is 13.2 Å². The second-order valence-electron chi connectivity index (χ2n) is 6.03. The molecular formula is C20H16F3NO5. The number of ether oxygens (including phenoxy) is 3. The summed E-state index contributed by atoms with van der Waals surface area (Å²) in [6.45, 7) is 2.14. The number of amides is 1. The number of anilines is 1. The Morgan fingerprint density at radius 2 is 1.79 bits per heavy atom. The Morgan fingerprint density at radius 1 is 1.07 bits per heavy atom. The molecule has 152 valence electrons. The molecule has 9 heteroatoms. The topological polar surface area (TPSA) is 73.9 Å². The van der Waals surface area contributed by atoms with Crippen molar-refractivity contribution in [3.8, 4) is 11.5 Å². The van der Waals surface area contributed by atoms with E-state index in [2.05, 4.69) is 0 Å². The molecule has 0 aromatic heterocycles. The summed E-state index contributed by atoms with van der Waals surface area (Å²) < 4.78 is 55.5. The third-order valence-electron chi connectivity index (χ3n) is 3.93. The fourth-order valence-corrected chi connectivity index (χ4v) is 2.45. The summed E-state index contributed by atoms with van der Waals surface area (Å²) in [6.07, 6.45) is 1.26. The molecule has 0 aliphatic carbocycles. The normalized spacial score (nSPS) is 13.8. The number of nitrogens with one attached hydrogen (secondary N) is 1. The highest BCUT2D eigenvalue weighted by atomic mass is 19.2. The average molecular weight is 407 g/mol. The van der Waals surface area contributed by atoms with Crippen LogP contribution < -0.4 is 14.8 Å². The van der Waals surface area contributed by atoms with Crippen LogP contribution in [0, 0.1) is 17.5 Å². The summed E-state index contributed by atoms with van der Waals surface area (Å²) in [4.78, 5) is 23.9. The van der Waals surface area contributed by atoms with Crippen molar-refractivity contribution in [3.63, 3.8) is 0 Å². The summed E-state index contributed by atoms with van der Waals surface area (Å²) in [5, 5.41) is 2.04. The Morgan fingerprint density at radius 3 is 2.55 bits per heavy atom. The van der Waals surface area contributed by atoms with Gasteiger partial charge < -0.3 is 19.5 Å². The third-order valence-corrected chi connectivity index (χ3v) is 3.93. The van der Waals surface area contributed by atoms with E-state index < -0.39 is 41.1 Å². The van der Waals surface area contributed by atoms with Gasteiger partial charge in [0, 0.05) is 6.08 Å². The molecule has 1 atom stereocenters. The van der Waals surface area contributed by atoms with E-state index in [0.29, 0.717) is 36.3 Å². The predicted octanol–water partition coefficient (Wildman–Crippen LogP) is 3.46. The van der Waals surface area contributed by atoms with Crippen LogP contribution in [0.3, 0.4) is 0 Å². The first-order valence-corrected chi connectivity index (χ1v) is 8.58. The minimum absolute atomic E-state index is 0.424. The van der Waals surface area contributed by atoms with Crippen LogP contribution in [0.1, 0.15) is 12.5 Å². The van der Waals surface area contributed by atoms with Crippen LogP contribution in [-0.2, 0) is 14.3 Å². The standard InChI is InChI=1S/C20H16F3NO5/c1-11(20(26)24-14-5-4-13(21)18(22)19(14)23)29-17(25)7-3-12-2-6-15-16(10-12)28-9-8-27-15/h2-7,10-11H,8-9H2,1H3,(H,24,26)/b7-3+/t11-/m1/s1. The number of hydrogen-bond acceptors (Lipinski definition) is 5. The lowest BCUT2D eigenvalue weighted by atomic mass is 10.2. The molecule has 0 fully saturated rings. The zero-order valence-electron chi connectivity index (χ0n) is 15.2. The van der Waals surface area contributed by atoms with Crippen molar-refractivity contribution in [2.24, 2.45) is 0 Å². The average Bonchev–Trinajstić information content (AvgIpc) is 2.72. The zero-order chi connectivity index (χ0) is 21.0. The van der Waals surface area contributed by atoms with Crippen LogP contribution in [0.4, 0.5) is 18.9 Å². The van der Waals surface area contributed by atoms with Crippen LogP contribution in [0.25, 0.3) is 6.08 Å². The molecule has 29 heavy (non-hydrogen) atoms. The van der Waals surface area contributed by atoms with E-state index in [0.717, 1.165) is 12.1 Å². The molecule has 6 nitrogen and oxygen atoms in total. The number of hydrogen-bond donors (Lipinski definition) is 1. The van der Waals surface area contributed by atoms with Crippen molar-refractivity contribution in [2.45, 2.75) is 13.0 Å². The molecule has 2 aromatic carbocycles. The Labute approximate surface area is 163 Å². The van der Waals surface area contributed by atoms with Gasteiger partial charge in [0.25, 0.3) is 5.91 Å². The first-order valence-electron chi connectivity index (χ1n) is 8.58. The van der Waals surface area contributed by atoms with Gasteiger partial charge in [-0.25, -0.2) is 18.0 Å². The van der Waals surface area contributed by atoms with E-state index in [1.165, 1.54) is 13.0 Å². The molecule has 1 amide bonds. The molecule has 1 N–H and O–H groups in total. The number of carbonyl (C=O) groups is 2. The molecule has 0 spiro atoms. The van der Waals surface area contributed by atoms with Gasteiger partial charge in [0.05, 0.1) is 5.69 Å². The van der Waals surface area contributed by atoms with Gasteiger partial charge >= 0.3 is 5.97 Å². The van der Waals surface area contributed by atoms with Crippen LogP contribution in [-0.4, -0.2) is 31.2 Å². The molecule has 2 aromatic rings. The number of esters is 1. The minimum Gasteiger partial charge on any atom is -0.486 e. The molecule has 0 radical (unpaired) electrons. The highest BCUT2D eigenvalue weighted by Crippen LogP contribution is 2.31. The highest BCUT2D eigenvalue weighted by Gasteiger charge is 2.20. The van der Waals surface area contributed by atoms with E-state index in [9.17, 15) is 22.8 Å². The lowest BCUT2D eigenvalue weighted by molar-refractivity contribution is -0.148. The first kappa shape index (κ1) is 20.2. The van der Waals surface area contributed by atoms with Crippen molar-refractivity contribution in [1.29, 1.82) is 0 Å². The maximum atomic E-state index is 13.6. The van der Waals surface area contributed by atoms with Gasteiger partial charge in [-0.1, -0.05) is 6.07 Å². The van der Waals surface area contributed by atoms with Crippen LogP contribution in [0.5, 0.6) is 11.5 Å². The number of benzene rings is 2. The van der Waals surface area contributed by atoms with Crippen molar-refractivity contribution >= 4 is 23.6 Å². The zero-order valence-corrected chi connectivity index (χ0v) is 15.2. The number of fused-ring (bicyclic) bond motifs is 1. The second-order valence-corrected chi connectivity index (χ2v) is 6.03. The summed E-state index contributed by atoms with van der Waals surface area (Å²) >= 11 is 0. The number of carbonyl (C=O) groups excluding carboxylic acids is 2. The fraction of sp³-hybridized carbons (Fsp3) is 0.200. The van der Waals surface area contributed by atoms with Crippen molar-refractivity contribution < 1.29 is 37.0 Å². The van der Waals surface area contributed by atoms with Gasteiger partial charge in [-0.2, -0.15) is 0 Å². The van der Waals surface area contributed by atoms with E-state index in [-0.39, 0.29) is 0 Å². The van der Waals surface area contributed by atoms with E-state index in [4.69, 9.17) is 14.2 Å². The SMILES string of the molecule is C[C@@H](OC(=O)/C=C/c1ccc2c(c1)OCCO2)C(=O)Nc1ccc(F)c(F)c1F. The Bertz CT molecular complexity index is 977. The quantitative estimate of drug-likeness (QED) is 0.467. The largest absolute Gasteiger partial charge is 0.486 e. The fourth-order valence-electron chi connectivity index (χ4n) is 2.45. The van der Waals surface area contributed by atoms with Crippen LogP contribution in [0.2, 0.25) is 0 Å². The highest BCUT2D eigenvalue weighted by molar-refractivity contribution is 5.96. The Kier molecular flexibility index (Phi) is 6.06. The molecule has 3 rings (SSSR count). The molecular weight excluding hydrogens is 391 g/mol. The number of rotatable bonds is 5. The van der Waals surface area contributed by atoms with Crippen LogP contribution in [0.15, 0.2) is 36.4 Å². The first-order chi connectivity index (χ1) is 13.8. The Hall–Kier alpha value is -3.49. The van der Waals surface area contributed by atoms with E-state index in [1.807, 2.05) is 5.32 Å². The summed E-state index contributed by atoms with van der Waals surface area (Å²) in [5.41, 5.74) is 0.0794. The molecule has 0 saturated heterocycles. The molecule has 1 heterocycles. The van der Waals surface area contributed by atoms with E-state index in [1.54, 1.807) is 18.2 Å². The van der Waals surface area contributed by atoms with E-state index >= 15 is 0 Å². The molecule has 0 saturated carbocycles. The molecule has 0 bridgehead atoms. The lowest BCUT2D eigenvalue weighted by Crippen LogP contribution is -2.29. The monoisotopic (exact) mass is 407 g/mol. The van der Waals surface area contributed by atoms with Crippen molar-refractivity contribution in [1.82, 2.24) is 0 Å². The maximum Gasteiger partial charge on any atom is 0.331 e. The maximum absolute atomic E-state index is 13.6. The smallest absolute Gasteiger partial charge is 0.331 e. The van der Waals surface area contributed by atoms with Crippen molar-refractivity contribution in [3.05, 3.63) is 59.4 Å². The number of halogens is 3. The van der Waals surface area contributed by atoms with Crippen LogP contribution >= 0.6 is 0 Å². The van der Waals surface area contributed by atoms with Crippen molar-refractivity contribution in [2.75, 3.05) is 18.5 Å². The summed E-state index contributed by atoms with van der Waals surface area (Å²) in [5.74, 6) is -5.22. The summed E-state index contributed by atoms with van der Waals surface area (Å²) in [6, 6.07) is 6.62. The van der Waals surface area contributed by atoms with Gasteiger partial charge in [0.15, 0.2) is 35.1 Å². The van der Waals surface area contributed by atoms with Gasteiger partial charge in [-0.15, -0.1) is 0 Å². The lowest BCUT2D eigenvalue weighted by Gasteiger charge is -2.18. The van der Waals surface area contributed by atoms with Gasteiger partial charge in [-0.05, 0) is 42.8 Å². The summed E-state index contributed by atoms with van der Waals surface area (Å²) in [7, 11) is 0. The molecule has 1 aliphatic heterocycles. The molecule has 0 unspecified atom stereocenters. The predicted molar refractivity (Wildman–Crippen MR) is 97.0 cm³/mol. The Balaban J connectivity index is 1.58. The minimum atomic E-state index is -1.71. The second kappa shape index (κ2) is 8.68.